The van der Waals surface area contributed by atoms with Gasteiger partial charge in [0.05, 0.1) is 0 Å². The number of rotatable bonds is 3. The molecule has 1 heterocycles. The van der Waals surface area contributed by atoms with E-state index in [9.17, 15) is 0 Å². The monoisotopic (exact) mass is 138 g/mol. The van der Waals surface area contributed by atoms with Crippen molar-refractivity contribution in [3.8, 4) is 0 Å². The van der Waals surface area contributed by atoms with Crippen LogP contribution in [0.4, 0.5) is 0 Å². The van der Waals surface area contributed by atoms with Gasteiger partial charge in [0.1, 0.15) is 0 Å². The molecule has 0 aliphatic heterocycles. The minimum Gasteiger partial charge on any atom is -0.365 e. The zero-order valence-corrected chi connectivity index (χ0v) is 6.35. The molecule has 0 fully saturated rings. The fraction of sp³-hybridized carbons (Fsp3) is 0.500. The molecular weight excluding hydrogens is 124 g/mol. The second-order valence-corrected chi connectivity index (χ2v) is 2.49. The molecule has 0 amide bonds. The minimum absolute atomic E-state index is 0.639. The Bertz CT molecular complexity index is 191. The van der Waals surface area contributed by atoms with E-state index in [0.717, 1.165) is 6.42 Å². The topological polar surface area (TPSA) is 41.8 Å². The summed E-state index contributed by atoms with van der Waals surface area (Å²) >= 11 is 0. The molecule has 2 heteroatoms. The van der Waals surface area contributed by atoms with Crippen molar-refractivity contribution in [3.63, 3.8) is 0 Å². The zero-order chi connectivity index (χ0) is 7.40. The predicted molar refractivity (Wildman–Crippen MR) is 42.7 cm³/mol. The summed E-state index contributed by atoms with van der Waals surface area (Å²) in [4.78, 5) is 3.18. The van der Waals surface area contributed by atoms with E-state index in [1.165, 1.54) is 17.7 Å². The molecule has 10 heavy (non-hydrogen) atoms. The first-order valence-corrected chi connectivity index (χ1v) is 3.73. The third-order valence-corrected chi connectivity index (χ3v) is 1.56. The predicted octanol–water partition coefficient (Wildman–Crippen LogP) is 1.43. The molecule has 1 rings (SSSR count). The Morgan fingerprint density at radius 2 is 2.40 bits per heavy atom. The molecule has 0 aliphatic rings. The fourth-order valence-electron chi connectivity index (χ4n) is 1.02. The van der Waals surface area contributed by atoms with Crippen LogP contribution in [-0.2, 0) is 13.0 Å². The average Bonchev–Trinajstić information content (AvgIpc) is 2.37. The lowest BCUT2D eigenvalue weighted by molar-refractivity contribution is 0.892. The highest BCUT2D eigenvalue weighted by Crippen LogP contribution is 2.04. The van der Waals surface area contributed by atoms with Crippen molar-refractivity contribution in [2.45, 2.75) is 26.3 Å². The largest absolute Gasteiger partial charge is 0.365 e. The first-order chi connectivity index (χ1) is 4.86. The van der Waals surface area contributed by atoms with E-state index in [0.29, 0.717) is 6.54 Å². The van der Waals surface area contributed by atoms with Gasteiger partial charge in [-0.15, -0.1) is 0 Å². The molecule has 0 aliphatic carbocycles. The first-order valence-electron chi connectivity index (χ1n) is 3.73. The number of aromatic nitrogens is 1. The minimum atomic E-state index is 0.639. The molecule has 0 unspecified atom stereocenters. The normalized spacial score (nSPS) is 10.2. The molecule has 1 aromatic rings. The molecule has 0 radical (unpaired) electrons. The van der Waals surface area contributed by atoms with Gasteiger partial charge in [0.2, 0.25) is 0 Å². The molecule has 56 valence electrons. The first kappa shape index (κ1) is 7.35. The highest BCUT2D eigenvalue weighted by Gasteiger charge is 1.94. The quantitative estimate of drug-likeness (QED) is 0.651. The van der Waals surface area contributed by atoms with Crippen molar-refractivity contribution in [1.29, 1.82) is 0 Å². The van der Waals surface area contributed by atoms with E-state index in [4.69, 9.17) is 5.73 Å². The lowest BCUT2D eigenvalue weighted by atomic mass is 10.2. The van der Waals surface area contributed by atoms with Crippen LogP contribution in [0.3, 0.4) is 0 Å². The number of H-pyrrole nitrogens is 1. The lowest BCUT2D eigenvalue weighted by Gasteiger charge is -1.88. The smallest absolute Gasteiger partial charge is 0.0193 e. The molecule has 0 bridgehead atoms. The summed E-state index contributed by atoms with van der Waals surface area (Å²) < 4.78 is 0. The molecule has 3 N–H and O–H groups in total. The maximum Gasteiger partial charge on any atom is 0.0193 e. The van der Waals surface area contributed by atoms with Crippen LogP contribution in [0.1, 0.15) is 24.6 Å². The van der Waals surface area contributed by atoms with E-state index in [1.807, 2.05) is 6.20 Å². The van der Waals surface area contributed by atoms with Crippen LogP contribution in [0.15, 0.2) is 12.3 Å². The number of aryl methyl sites for hydroxylation is 1. The van der Waals surface area contributed by atoms with E-state index in [1.54, 1.807) is 0 Å². The highest BCUT2D eigenvalue weighted by atomic mass is 14.7. The summed E-state index contributed by atoms with van der Waals surface area (Å²) in [5.41, 5.74) is 7.93. The Morgan fingerprint density at radius 1 is 1.60 bits per heavy atom. The molecule has 0 atom stereocenters. The number of hydrogen-bond donors (Lipinski definition) is 2. The van der Waals surface area contributed by atoms with E-state index < -0.39 is 0 Å². The van der Waals surface area contributed by atoms with Gasteiger partial charge < -0.3 is 10.7 Å². The van der Waals surface area contributed by atoms with Gasteiger partial charge in [-0.2, -0.15) is 0 Å². The molecule has 0 aromatic carbocycles. The van der Waals surface area contributed by atoms with Crippen LogP contribution in [0.5, 0.6) is 0 Å². The van der Waals surface area contributed by atoms with E-state index in [2.05, 4.69) is 18.0 Å². The Kier molecular flexibility index (Phi) is 2.51. The number of hydrogen-bond acceptors (Lipinski definition) is 1. The summed E-state index contributed by atoms with van der Waals surface area (Å²) in [6, 6.07) is 2.13. The maximum absolute atomic E-state index is 5.44. The Labute approximate surface area is 61.4 Å². The van der Waals surface area contributed by atoms with Crippen molar-refractivity contribution >= 4 is 0 Å². The third-order valence-electron chi connectivity index (χ3n) is 1.56. The Hall–Kier alpha value is -0.760. The van der Waals surface area contributed by atoms with Crippen LogP contribution in [0, 0.1) is 0 Å². The van der Waals surface area contributed by atoms with Crippen LogP contribution in [-0.4, -0.2) is 4.98 Å². The van der Waals surface area contributed by atoms with Crippen LogP contribution < -0.4 is 5.73 Å². The molecule has 0 spiro atoms. The summed E-state index contributed by atoms with van der Waals surface area (Å²) in [6.07, 6.45) is 4.29. The van der Waals surface area contributed by atoms with Gasteiger partial charge in [0, 0.05) is 18.4 Å². The third kappa shape index (κ3) is 1.61. The maximum atomic E-state index is 5.44. The van der Waals surface area contributed by atoms with E-state index >= 15 is 0 Å². The van der Waals surface area contributed by atoms with E-state index in [-0.39, 0.29) is 0 Å². The van der Waals surface area contributed by atoms with Crippen molar-refractivity contribution in [1.82, 2.24) is 4.98 Å². The van der Waals surface area contributed by atoms with Crippen molar-refractivity contribution in [2.24, 2.45) is 5.73 Å². The molecule has 1 aromatic heterocycles. The highest BCUT2D eigenvalue weighted by molar-refractivity contribution is 5.16. The second kappa shape index (κ2) is 3.42. The van der Waals surface area contributed by atoms with Gasteiger partial charge in [-0.3, -0.25) is 0 Å². The summed E-state index contributed by atoms with van der Waals surface area (Å²) in [5.74, 6) is 0. The molecule has 2 nitrogen and oxygen atoms in total. The van der Waals surface area contributed by atoms with Crippen LogP contribution in [0.2, 0.25) is 0 Å². The van der Waals surface area contributed by atoms with Gasteiger partial charge >= 0.3 is 0 Å². The van der Waals surface area contributed by atoms with Crippen molar-refractivity contribution in [3.05, 3.63) is 23.5 Å². The second-order valence-electron chi connectivity index (χ2n) is 2.49. The van der Waals surface area contributed by atoms with Gasteiger partial charge in [-0.1, -0.05) is 13.3 Å². The van der Waals surface area contributed by atoms with Crippen molar-refractivity contribution in [2.75, 3.05) is 0 Å². The Balaban J connectivity index is 2.59. The standard InChI is InChI=1S/C8H14N2/c1-2-3-8-4-7(5-9)6-10-8/h4,6,10H,2-3,5,9H2,1H3. The zero-order valence-electron chi connectivity index (χ0n) is 6.35. The van der Waals surface area contributed by atoms with Crippen LogP contribution in [0.25, 0.3) is 0 Å². The summed E-state index contributed by atoms with van der Waals surface area (Å²) in [7, 11) is 0. The Morgan fingerprint density at radius 3 is 2.90 bits per heavy atom. The van der Waals surface area contributed by atoms with Gasteiger partial charge in [-0.05, 0) is 18.1 Å². The lowest BCUT2D eigenvalue weighted by Crippen LogP contribution is -1.92. The van der Waals surface area contributed by atoms with Gasteiger partial charge in [-0.25, -0.2) is 0 Å². The molecule has 0 saturated carbocycles. The fourth-order valence-corrected chi connectivity index (χ4v) is 1.02. The van der Waals surface area contributed by atoms with Gasteiger partial charge in [0.25, 0.3) is 0 Å². The molecule has 0 saturated heterocycles. The average molecular weight is 138 g/mol. The number of aromatic amines is 1. The van der Waals surface area contributed by atoms with Gasteiger partial charge in [0.15, 0.2) is 0 Å². The number of nitrogens with one attached hydrogen (secondary N) is 1. The summed E-state index contributed by atoms with van der Waals surface area (Å²) in [5, 5.41) is 0. The molecular formula is C8H14N2. The number of nitrogens with two attached hydrogens (primary N) is 1. The summed E-state index contributed by atoms with van der Waals surface area (Å²) in [6.45, 7) is 2.81. The van der Waals surface area contributed by atoms with Crippen molar-refractivity contribution < 1.29 is 0 Å². The van der Waals surface area contributed by atoms with Crippen LogP contribution >= 0.6 is 0 Å². The SMILES string of the molecule is CCCc1cc(CN)c[nH]1.